The first kappa shape index (κ1) is 16.9. The molecule has 1 saturated heterocycles. The Bertz CT molecular complexity index is 775. The van der Waals surface area contributed by atoms with Crippen molar-refractivity contribution in [1.29, 1.82) is 0 Å². The predicted molar refractivity (Wildman–Crippen MR) is 91.4 cm³/mol. The lowest BCUT2D eigenvalue weighted by atomic mass is 9.95. The largest absolute Gasteiger partial charge is 0.351 e. The molecule has 24 heavy (non-hydrogen) atoms. The maximum Gasteiger partial charge on any atom is 0.285 e. The monoisotopic (exact) mass is 350 g/mol. The molecule has 130 valence electrons. The second-order valence-corrected chi connectivity index (χ2v) is 7.96. The first-order valence-corrected chi connectivity index (χ1v) is 9.48. The van der Waals surface area contributed by atoms with Crippen LogP contribution in [0.2, 0.25) is 0 Å². The average molecular weight is 350 g/mol. The van der Waals surface area contributed by atoms with E-state index in [0.717, 1.165) is 19.5 Å². The summed E-state index contributed by atoms with van der Waals surface area (Å²) in [7, 11) is -1.98. The topological polar surface area (TPSA) is 90.9 Å². The van der Waals surface area contributed by atoms with Crippen LogP contribution in [-0.2, 0) is 14.8 Å². The minimum absolute atomic E-state index is 0.0688. The molecule has 0 spiro atoms. The van der Waals surface area contributed by atoms with Crippen molar-refractivity contribution in [3.05, 3.63) is 29.8 Å². The number of rotatable bonds is 3. The predicted octanol–water partition coefficient (Wildman–Crippen LogP) is 0.182. The minimum atomic E-state index is -3.67. The Labute approximate surface area is 142 Å². The molecule has 0 aliphatic carbocycles. The van der Waals surface area contributed by atoms with Gasteiger partial charge in [0.15, 0.2) is 5.84 Å². The molecule has 2 heterocycles. The second-order valence-electron chi connectivity index (χ2n) is 6.39. The summed E-state index contributed by atoms with van der Waals surface area (Å²) in [6.45, 7) is 3.95. The van der Waals surface area contributed by atoms with Gasteiger partial charge in [-0.05, 0) is 37.6 Å². The van der Waals surface area contributed by atoms with Crippen LogP contribution in [0.4, 0.5) is 0 Å². The highest BCUT2D eigenvalue weighted by Crippen LogP contribution is 2.26. The van der Waals surface area contributed by atoms with Crippen LogP contribution in [0, 0.1) is 5.92 Å². The molecule has 0 radical (unpaired) electrons. The number of amidine groups is 1. The molecule has 1 amide bonds. The number of carbonyl (C=O) groups excluding carboxylic acids is 1. The zero-order chi connectivity index (χ0) is 17.3. The van der Waals surface area contributed by atoms with Crippen molar-refractivity contribution >= 4 is 21.8 Å². The Balaban J connectivity index is 1.69. The summed E-state index contributed by atoms with van der Waals surface area (Å²) >= 11 is 0. The van der Waals surface area contributed by atoms with E-state index in [2.05, 4.69) is 22.0 Å². The van der Waals surface area contributed by atoms with Crippen molar-refractivity contribution in [2.24, 2.45) is 10.3 Å². The van der Waals surface area contributed by atoms with Gasteiger partial charge in [0.2, 0.25) is 5.91 Å². The van der Waals surface area contributed by atoms with E-state index in [9.17, 15) is 13.2 Å². The molecule has 3 rings (SSSR count). The van der Waals surface area contributed by atoms with Crippen LogP contribution in [0.25, 0.3) is 0 Å². The van der Waals surface area contributed by atoms with Crippen LogP contribution < -0.4 is 10.6 Å². The molecule has 2 atom stereocenters. The fourth-order valence-corrected chi connectivity index (χ4v) is 4.39. The third-order valence-corrected chi connectivity index (χ3v) is 5.81. The van der Waals surface area contributed by atoms with Gasteiger partial charge in [0.05, 0.1) is 6.54 Å². The van der Waals surface area contributed by atoms with Crippen LogP contribution in [0.1, 0.15) is 18.9 Å². The Morgan fingerprint density at radius 2 is 2.17 bits per heavy atom. The Morgan fingerprint density at radius 3 is 2.92 bits per heavy atom. The molecule has 1 aromatic rings. The maximum atomic E-state index is 12.3. The minimum Gasteiger partial charge on any atom is -0.351 e. The summed E-state index contributed by atoms with van der Waals surface area (Å²) < 4.78 is 28.0. The van der Waals surface area contributed by atoms with E-state index in [1.54, 1.807) is 30.1 Å². The maximum absolute atomic E-state index is 12.3. The van der Waals surface area contributed by atoms with Gasteiger partial charge in [-0.25, -0.2) is 0 Å². The summed E-state index contributed by atoms with van der Waals surface area (Å²) in [5.41, 5.74) is 0.544. The number of hydrogen-bond donors (Lipinski definition) is 2. The Kier molecular flexibility index (Phi) is 4.60. The molecular formula is C16H22N4O3S. The van der Waals surface area contributed by atoms with Gasteiger partial charge in [0.25, 0.3) is 10.0 Å². The normalized spacial score (nSPS) is 24.8. The molecule has 1 fully saturated rings. The summed E-state index contributed by atoms with van der Waals surface area (Å²) in [4.78, 5) is 14.1. The van der Waals surface area contributed by atoms with E-state index >= 15 is 0 Å². The van der Waals surface area contributed by atoms with Crippen LogP contribution >= 0.6 is 0 Å². The number of hydrogen-bond acceptors (Lipinski definition) is 5. The lowest BCUT2D eigenvalue weighted by Gasteiger charge is -2.31. The number of amides is 1. The lowest BCUT2D eigenvalue weighted by Crippen LogP contribution is -2.50. The molecule has 0 aromatic heterocycles. The number of fused-ring (bicyclic) bond motifs is 1. The van der Waals surface area contributed by atoms with Crippen molar-refractivity contribution in [2.45, 2.75) is 24.3 Å². The van der Waals surface area contributed by atoms with Gasteiger partial charge in [0.1, 0.15) is 4.90 Å². The quantitative estimate of drug-likeness (QED) is 0.812. The Hall–Kier alpha value is -1.93. The van der Waals surface area contributed by atoms with Crippen LogP contribution in [0.15, 0.2) is 33.6 Å². The number of nitrogens with one attached hydrogen (secondary N) is 2. The molecule has 2 unspecified atom stereocenters. The summed E-state index contributed by atoms with van der Waals surface area (Å²) in [6.07, 6.45) is 0.898. The first-order chi connectivity index (χ1) is 11.4. The number of likely N-dealkylation sites (N-methyl/N-ethyl adjacent to an activating group) is 1. The highest BCUT2D eigenvalue weighted by Gasteiger charge is 2.31. The molecule has 0 bridgehead atoms. The molecule has 7 nitrogen and oxygen atoms in total. The van der Waals surface area contributed by atoms with E-state index < -0.39 is 10.0 Å². The van der Waals surface area contributed by atoms with Crippen molar-refractivity contribution in [3.8, 4) is 0 Å². The van der Waals surface area contributed by atoms with Gasteiger partial charge < -0.3 is 15.5 Å². The standard InChI is InChI=1S/C16H22N4O3S/c1-11-9-17-8-7-13(11)18-15(21)10-20(2)16-12-5-3-4-6-14(12)24(22,23)19-16/h3-6,11,13,17H,7-10H2,1-2H3,(H,18,21). The number of benzene rings is 1. The molecule has 2 aliphatic rings. The fourth-order valence-electron chi connectivity index (χ4n) is 3.14. The SMILES string of the molecule is CC1CNCCC1NC(=O)CN(C)C1=NS(=O)(=O)c2ccccc21. The van der Waals surface area contributed by atoms with Crippen molar-refractivity contribution in [1.82, 2.24) is 15.5 Å². The lowest BCUT2D eigenvalue weighted by molar-refractivity contribution is -0.122. The second kappa shape index (κ2) is 6.52. The highest BCUT2D eigenvalue weighted by atomic mass is 32.2. The smallest absolute Gasteiger partial charge is 0.285 e. The van der Waals surface area contributed by atoms with Crippen LogP contribution in [0.3, 0.4) is 0 Å². The van der Waals surface area contributed by atoms with Crippen molar-refractivity contribution in [2.75, 3.05) is 26.7 Å². The highest BCUT2D eigenvalue weighted by molar-refractivity contribution is 7.90. The van der Waals surface area contributed by atoms with Gasteiger partial charge in [-0.1, -0.05) is 19.1 Å². The molecular weight excluding hydrogens is 328 g/mol. The summed E-state index contributed by atoms with van der Waals surface area (Å²) in [5.74, 6) is 0.567. The van der Waals surface area contributed by atoms with E-state index in [1.807, 2.05) is 0 Å². The average Bonchev–Trinajstić information content (AvgIpc) is 2.82. The number of nitrogens with zero attached hydrogens (tertiary/aromatic N) is 2. The third kappa shape index (κ3) is 3.29. The molecule has 1 aromatic carbocycles. The van der Waals surface area contributed by atoms with Gasteiger partial charge >= 0.3 is 0 Å². The summed E-state index contributed by atoms with van der Waals surface area (Å²) in [5, 5.41) is 6.34. The van der Waals surface area contributed by atoms with Crippen molar-refractivity contribution in [3.63, 3.8) is 0 Å². The molecule has 8 heteroatoms. The van der Waals surface area contributed by atoms with E-state index in [-0.39, 0.29) is 23.4 Å². The van der Waals surface area contributed by atoms with E-state index in [0.29, 0.717) is 17.3 Å². The van der Waals surface area contributed by atoms with Crippen LogP contribution in [0.5, 0.6) is 0 Å². The zero-order valence-corrected chi connectivity index (χ0v) is 14.6. The van der Waals surface area contributed by atoms with E-state index in [1.165, 1.54) is 6.07 Å². The molecule has 2 N–H and O–H groups in total. The summed E-state index contributed by atoms with van der Waals surface area (Å²) in [6, 6.07) is 6.82. The number of sulfonamides is 1. The number of carbonyl (C=O) groups is 1. The zero-order valence-electron chi connectivity index (χ0n) is 13.8. The van der Waals surface area contributed by atoms with Gasteiger partial charge in [-0.3, -0.25) is 4.79 Å². The molecule has 2 aliphatic heterocycles. The van der Waals surface area contributed by atoms with Crippen molar-refractivity contribution < 1.29 is 13.2 Å². The first-order valence-electron chi connectivity index (χ1n) is 8.04. The van der Waals surface area contributed by atoms with Gasteiger partial charge in [-0.2, -0.15) is 8.42 Å². The van der Waals surface area contributed by atoms with Crippen LogP contribution in [-0.4, -0.2) is 57.8 Å². The van der Waals surface area contributed by atoms with Gasteiger partial charge in [0, 0.05) is 18.7 Å². The van der Waals surface area contributed by atoms with Gasteiger partial charge in [-0.15, -0.1) is 4.40 Å². The fraction of sp³-hybridized carbons (Fsp3) is 0.500. The third-order valence-electron chi connectivity index (χ3n) is 4.49. The number of piperidine rings is 1. The van der Waals surface area contributed by atoms with E-state index in [4.69, 9.17) is 0 Å². The Morgan fingerprint density at radius 1 is 1.42 bits per heavy atom. The molecule has 0 saturated carbocycles.